The van der Waals surface area contributed by atoms with Crippen LogP contribution in [0.5, 0.6) is 28.7 Å². The van der Waals surface area contributed by atoms with Gasteiger partial charge in [-0.3, -0.25) is 0 Å². The second-order valence-corrected chi connectivity index (χ2v) is 6.80. The number of ether oxygens (including phenoxy) is 4. The van der Waals surface area contributed by atoms with Crippen molar-refractivity contribution < 1.29 is 33.3 Å². The Morgan fingerprint density at radius 3 is 2.36 bits per heavy atom. The maximum atomic E-state index is 11.1. The van der Waals surface area contributed by atoms with E-state index in [1.807, 2.05) is 0 Å². The van der Waals surface area contributed by atoms with Crippen LogP contribution < -0.4 is 24.3 Å². The molecule has 170 valence electrons. The van der Waals surface area contributed by atoms with Gasteiger partial charge in [0.05, 0.1) is 33.4 Å². The van der Waals surface area contributed by atoms with Crippen molar-refractivity contribution in [3.05, 3.63) is 59.9 Å². The van der Waals surface area contributed by atoms with Gasteiger partial charge < -0.3 is 33.8 Å². The molecule has 0 spiro atoms. The van der Waals surface area contributed by atoms with Crippen molar-refractivity contribution in [3.63, 3.8) is 0 Å². The van der Waals surface area contributed by atoms with Crippen molar-refractivity contribution in [1.82, 2.24) is 9.97 Å². The number of rotatable bonds is 9. The van der Waals surface area contributed by atoms with E-state index >= 15 is 0 Å². The molecule has 33 heavy (non-hydrogen) atoms. The Labute approximate surface area is 188 Å². The van der Waals surface area contributed by atoms with Crippen LogP contribution in [0.3, 0.4) is 0 Å². The topological polar surface area (TPSA) is 125 Å². The van der Waals surface area contributed by atoms with Crippen LogP contribution in [0.1, 0.15) is 16.1 Å². The molecule has 0 aliphatic carbocycles. The lowest BCUT2D eigenvalue weighted by Crippen LogP contribution is -2.05. The van der Waals surface area contributed by atoms with Crippen molar-refractivity contribution in [2.75, 3.05) is 26.6 Å². The number of fused-ring (bicyclic) bond motifs is 1. The molecule has 0 atom stereocenters. The Hall–Kier alpha value is -4.47. The minimum Gasteiger partial charge on any atom is -0.496 e. The summed E-state index contributed by atoms with van der Waals surface area (Å²) in [4.78, 5) is 19.3. The molecule has 0 bridgehead atoms. The van der Waals surface area contributed by atoms with Gasteiger partial charge in [-0.1, -0.05) is 0 Å². The average Bonchev–Trinajstić information content (AvgIpc) is 3.24. The van der Waals surface area contributed by atoms with Crippen LogP contribution >= 0.6 is 0 Å². The molecule has 0 amide bonds. The number of hydrogen-bond acceptors (Lipinski definition) is 9. The maximum absolute atomic E-state index is 11.1. The smallest absolute Gasteiger partial charge is 0.354 e. The Balaban J connectivity index is 1.53. The number of pyridine rings is 1. The molecule has 4 aromatic rings. The third-order valence-electron chi connectivity index (χ3n) is 4.78. The zero-order valence-electron chi connectivity index (χ0n) is 18.1. The van der Waals surface area contributed by atoms with Gasteiger partial charge in [-0.05, 0) is 18.2 Å². The van der Waals surface area contributed by atoms with Gasteiger partial charge in [0, 0.05) is 30.5 Å². The summed E-state index contributed by atoms with van der Waals surface area (Å²) in [6.07, 6.45) is 1.37. The number of carbonyl (C=O) groups is 1. The van der Waals surface area contributed by atoms with Gasteiger partial charge in [-0.25, -0.2) is 9.78 Å². The van der Waals surface area contributed by atoms with Gasteiger partial charge in [-0.2, -0.15) is 4.98 Å². The first-order valence-electron chi connectivity index (χ1n) is 9.81. The lowest BCUT2D eigenvalue weighted by atomic mass is 10.1. The third kappa shape index (κ3) is 4.74. The molecule has 0 unspecified atom stereocenters. The number of oxazole rings is 1. The molecule has 10 heteroatoms. The van der Waals surface area contributed by atoms with E-state index in [2.05, 4.69) is 15.3 Å². The minimum absolute atomic E-state index is 0.107. The Bertz CT molecular complexity index is 1280. The van der Waals surface area contributed by atoms with E-state index in [9.17, 15) is 4.79 Å². The van der Waals surface area contributed by atoms with Crippen LogP contribution in [-0.2, 0) is 6.54 Å². The number of methoxy groups -OCH3 is 3. The predicted octanol–water partition coefficient (Wildman–Crippen LogP) is 4.35. The van der Waals surface area contributed by atoms with E-state index in [-0.39, 0.29) is 5.69 Å². The van der Waals surface area contributed by atoms with Crippen LogP contribution in [0.15, 0.2) is 53.1 Å². The van der Waals surface area contributed by atoms with Gasteiger partial charge in [0.15, 0.2) is 11.3 Å². The summed E-state index contributed by atoms with van der Waals surface area (Å²) < 4.78 is 27.8. The summed E-state index contributed by atoms with van der Waals surface area (Å²) in [6.45, 7) is 0.335. The number of carboxylic acids is 1. The molecule has 2 aromatic heterocycles. The number of aromatic carboxylic acids is 1. The molecule has 0 aliphatic rings. The van der Waals surface area contributed by atoms with Gasteiger partial charge in [-0.15, -0.1) is 0 Å². The maximum Gasteiger partial charge on any atom is 0.354 e. The highest BCUT2D eigenvalue weighted by atomic mass is 16.5. The van der Waals surface area contributed by atoms with Crippen molar-refractivity contribution in [1.29, 1.82) is 0 Å². The molecule has 2 aromatic carbocycles. The molecule has 2 heterocycles. The zero-order chi connectivity index (χ0) is 23.4. The molecule has 4 rings (SSSR count). The molecule has 10 nitrogen and oxygen atoms in total. The van der Waals surface area contributed by atoms with Crippen molar-refractivity contribution in [2.45, 2.75) is 6.54 Å². The fourth-order valence-corrected chi connectivity index (χ4v) is 3.19. The van der Waals surface area contributed by atoms with E-state index in [4.69, 9.17) is 28.5 Å². The summed E-state index contributed by atoms with van der Waals surface area (Å²) in [7, 11) is 4.71. The van der Waals surface area contributed by atoms with E-state index in [1.165, 1.54) is 12.3 Å². The second kappa shape index (κ2) is 9.35. The Morgan fingerprint density at radius 1 is 0.970 bits per heavy atom. The fraction of sp³-hybridized carbons (Fsp3) is 0.174. The Morgan fingerprint density at radius 2 is 1.70 bits per heavy atom. The standard InChI is InChI=1S/C23H21N3O7/c1-29-15-10-19(30-2)16(20(11-15)31-3)12-25-23-26-17-5-4-13(9-21(17)33-23)32-14-6-7-24-18(8-14)22(27)28/h4-11H,12H2,1-3H3,(H,25,26)(H,27,28). The van der Waals surface area contributed by atoms with Crippen LogP contribution in [0.25, 0.3) is 11.1 Å². The van der Waals surface area contributed by atoms with Gasteiger partial charge in [0.2, 0.25) is 0 Å². The number of benzene rings is 2. The first-order valence-corrected chi connectivity index (χ1v) is 9.81. The van der Waals surface area contributed by atoms with Gasteiger partial charge in [0.1, 0.15) is 34.3 Å². The van der Waals surface area contributed by atoms with Gasteiger partial charge >= 0.3 is 5.97 Å². The molecular formula is C23H21N3O7. The van der Waals surface area contributed by atoms with Crippen LogP contribution in [0.4, 0.5) is 6.01 Å². The number of nitrogens with zero attached hydrogens (tertiary/aromatic N) is 2. The molecule has 0 saturated heterocycles. The Kier molecular flexibility index (Phi) is 6.16. The molecule has 0 fully saturated rings. The number of nitrogens with one attached hydrogen (secondary N) is 1. The number of aromatic nitrogens is 2. The lowest BCUT2D eigenvalue weighted by Gasteiger charge is -2.15. The van der Waals surface area contributed by atoms with E-state index in [0.29, 0.717) is 52.4 Å². The quantitative estimate of drug-likeness (QED) is 0.379. The van der Waals surface area contributed by atoms with E-state index in [1.54, 1.807) is 57.7 Å². The molecule has 0 aliphatic heterocycles. The largest absolute Gasteiger partial charge is 0.496 e. The minimum atomic E-state index is -1.13. The highest BCUT2D eigenvalue weighted by Crippen LogP contribution is 2.35. The van der Waals surface area contributed by atoms with E-state index in [0.717, 1.165) is 5.56 Å². The highest BCUT2D eigenvalue weighted by molar-refractivity contribution is 5.85. The first-order chi connectivity index (χ1) is 16.0. The van der Waals surface area contributed by atoms with Gasteiger partial charge in [0.25, 0.3) is 6.01 Å². The summed E-state index contributed by atoms with van der Waals surface area (Å²) in [5.74, 6) is 1.50. The summed E-state index contributed by atoms with van der Waals surface area (Å²) in [5, 5.41) is 12.2. The predicted molar refractivity (Wildman–Crippen MR) is 119 cm³/mol. The molecule has 0 saturated carbocycles. The third-order valence-corrected chi connectivity index (χ3v) is 4.78. The summed E-state index contributed by atoms with van der Waals surface area (Å²) in [6, 6.07) is 11.9. The molecule has 2 N–H and O–H groups in total. The number of anilines is 1. The summed E-state index contributed by atoms with van der Waals surface area (Å²) >= 11 is 0. The number of carboxylic acid groups (broad SMARTS) is 1. The fourth-order valence-electron chi connectivity index (χ4n) is 3.19. The monoisotopic (exact) mass is 451 g/mol. The average molecular weight is 451 g/mol. The summed E-state index contributed by atoms with van der Waals surface area (Å²) in [5.41, 5.74) is 1.79. The lowest BCUT2D eigenvalue weighted by molar-refractivity contribution is 0.0690. The van der Waals surface area contributed by atoms with Crippen molar-refractivity contribution >= 4 is 23.1 Å². The van der Waals surface area contributed by atoms with Crippen LogP contribution in [0.2, 0.25) is 0 Å². The first kappa shape index (κ1) is 21.8. The molecule has 0 radical (unpaired) electrons. The van der Waals surface area contributed by atoms with Crippen LogP contribution in [-0.4, -0.2) is 42.4 Å². The zero-order valence-corrected chi connectivity index (χ0v) is 18.1. The normalized spacial score (nSPS) is 10.6. The highest BCUT2D eigenvalue weighted by Gasteiger charge is 2.15. The second-order valence-electron chi connectivity index (χ2n) is 6.80. The SMILES string of the molecule is COc1cc(OC)c(CNc2nc3ccc(Oc4ccnc(C(=O)O)c4)cc3o2)c(OC)c1. The van der Waals surface area contributed by atoms with Crippen LogP contribution in [0, 0.1) is 0 Å². The molecular weight excluding hydrogens is 430 g/mol. The van der Waals surface area contributed by atoms with Crippen molar-refractivity contribution in [3.8, 4) is 28.7 Å². The van der Waals surface area contributed by atoms with Crippen molar-refractivity contribution in [2.24, 2.45) is 0 Å². The van der Waals surface area contributed by atoms with E-state index < -0.39 is 5.97 Å². The number of hydrogen-bond donors (Lipinski definition) is 2.